The van der Waals surface area contributed by atoms with Gasteiger partial charge < -0.3 is 9.67 Å². The van der Waals surface area contributed by atoms with Gasteiger partial charge in [0.2, 0.25) is 0 Å². The number of phenolic OH excluding ortho intramolecular Hbond substituents is 1. The van der Waals surface area contributed by atoms with Gasteiger partial charge in [0, 0.05) is 22.8 Å². The lowest BCUT2D eigenvalue weighted by atomic mass is 10.1. The molecule has 4 heteroatoms. The summed E-state index contributed by atoms with van der Waals surface area (Å²) in [5, 5.41) is 13.9. The van der Waals surface area contributed by atoms with Crippen LogP contribution >= 0.6 is 11.3 Å². The Morgan fingerprint density at radius 2 is 1.85 bits per heavy atom. The predicted octanol–water partition coefficient (Wildman–Crippen LogP) is 6.11. The molecule has 0 aliphatic heterocycles. The molecule has 0 saturated heterocycles. The van der Waals surface area contributed by atoms with Crippen LogP contribution in [0.3, 0.4) is 0 Å². The van der Waals surface area contributed by atoms with E-state index in [-0.39, 0.29) is 5.75 Å². The molecule has 2 aromatic heterocycles. The Morgan fingerprint density at radius 1 is 1.00 bits per heavy atom. The molecule has 26 heavy (non-hydrogen) atoms. The minimum atomic E-state index is 0.285. The molecule has 0 spiro atoms. The first-order valence-corrected chi connectivity index (χ1v) is 9.59. The zero-order valence-electron chi connectivity index (χ0n) is 14.7. The van der Waals surface area contributed by atoms with E-state index in [9.17, 15) is 5.11 Å². The summed E-state index contributed by atoms with van der Waals surface area (Å²) in [4.78, 5) is 4.75. The van der Waals surface area contributed by atoms with Gasteiger partial charge in [0.1, 0.15) is 10.8 Å². The second kappa shape index (κ2) is 5.58. The lowest BCUT2D eigenvalue weighted by molar-refractivity contribution is 0.478. The van der Waals surface area contributed by atoms with E-state index in [2.05, 4.69) is 54.8 Å². The van der Waals surface area contributed by atoms with Crippen LogP contribution in [0.5, 0.6) is 5.75 Å². The summed E-state index contributed by atoms with van der Waals surface area (Å²) in [6.07, 6.45) is 0. The number of aromatic nitrogens is 2. The van der Waals surface area contributed by atoms with E-state index < -0.39 is 0 Å². The average molecular weight is 358 g/mol. The molecule has 0 amide bonds. The summed E-state index contributed by atoms with van der Waals surface area (Å²) < 4.78 is 3.45. The predicted molar refractivity (Wildman–Crippen MR) is 110 cm³/mol. The number of hydrogen-bond donors (Lipinski definition) is 1. The van der Waals surface area contributed by atoms with Crippen LogP contribution in [-0.2, 0) is 6.54 Å². The maximum Gasteiger partial charge on any atom is 0.128 e. The molecule has 5 rings (SSSR count). The van der Waals surface area contributed by atoms with E-state index in [1.165, 1.54) is 16.5 Å². The molecular formula is C22H18N2OS. The van der Waals surface area contributed by atoms with Crippen molar-refractivity contribution in [3.05, 3.63) is 60.2 Å². The van der Waals surface area contributed by atoms with Crippen LogP contribution in [0.4, 0.5) is 0 Å². The molecular weight excluding hydrogens is 340 g/mol. The molecule has 0 unspecified atom stereocenters. The Morgan fingerprint density at radius 3 is 2.69 bits per heavy atom. The third kappa shape index (κ3) is 2.15. The molecule has 3 aromatic carbocycles. The number of hydrogen-bond acceptors (Lipinski definition) is 3. The van der Waals surface area contributed by atoms with Gasteiger partial charge in [-0.25, -0.2) is 4.98 Å². The highest BCUT2D eigenvalue weighted by Crippen LogP contribution is 2.40. The quantitative estimate of drug-likeness (QED) is 0.414. The molecule has 5 aromatic rings. The van der Waals surface area contributed by atoms with Crippen LogP contribution in [0.2, 0.25) is 0 Å². The van der Waals surface area contributed by atoms with E-state index in [1.54, 1.807) is 11.3 Å². The fourth-order valence-corrected chi connectivity index (χ4v) is 4.83. The van der Waals surface area contributed by atoms with Crippen molar-refractivity contribution in [1.82, 2.24) is 9.55 Å². The van der Waals surface area contributed by atoms with Gasteiger partial charge in [-0.1, -0.05) is 24.3 Å². The highest BCUT2D eigenvalue weighted by molar-refractivity contribution is 7.21. The number of rotatable bonds is 2. The molecule has 0 bridgehead atoms. The van der Waals surface area contributed by atoms with Crippen molar-refractivity contribution >= 4 is 43.4 Å². The van der Waals surface area contributed by atoms with Crippen molar-refractivity contribution in [1.29, 1.82) is 0 Å². The van der Waals surface area contributed by atoms with Gasteiger partial charge in [-0.05, 0) is 49.7 Å². The van der Waals surface area contributed by atoms with Crippen molar-refractivity contribution in [2.75, 3.05) is 0 Å². The molecule has 1 N–H and O–H groups in total. The molecule has 0 aliphatic rings. The maximum atomic E-state index is 10.7. The van der Waals surface area contributed by atoms with Crippen molar-refractivity contribution < 1.29 is 5.11 Å². The summed E-state index contributed by atoms with van der Waals surface area (Å²) in [7, 11) is 0. The number of phenols is 1. The monoisotopic (exact) mass is 358 g/mol. The van der Waals surface area contributed by atoms with Crippen molar-refractivity contribution in [2.24, 2.45) is 0 Å². The molecule has 0 atom stereocenters. The van der Waals surface area contributed by atoms with E-state index >= 15 is 0 Å². The second-order valence-corrected chi connectivity index (χ2v) is 7.67. The smallest absolute Gasteiger partial charge is 0.128 e. The Labute approximate surface area is 155 Å². The summed E-state index contributed by atoms with van der Waals surface area (Å²) in [6, 6.07) is 18.6. The lowest BCUT2D eigenvalue weighted by Crippen LogP contribution is -1.93. The number of aromatic hydroxyl groups is 1. The van der Waals surface area contributed by atoms with Gasteiger partial charge in [0.05, 0.1) is 21.3 Å². The number of aryl methyl sites for hydroxylation is 2. The van der Waals surface area contributed by atoms with Crippen LogP contribution in [0.15, 0.2) is 54.6 Å². The third-order valence-electron chi connectivity index (χ3n) is 4.98. The van der Waals surface area contributed by atoms with Gasteiger partial charge in [0.15, 0.2) is 0 Å². The maximum absolute atomic E-state index is 10.7. The summed E-state index contributed by atoms with van der Waals surface area (Å²) in [5.74, 6) is 0.285. The minimum absolute atomic E-state index is 0.285. The summed E-state index contributed by atoms with van der Waals surface area (Å²) in [5.41, 5.74) is 5.33. The van der Waals surface area contributed by atoms with E-state index in [4.69, 9.17) is 4.98 Å². The zero-order chi connectivity index (χ0) is 17.8. The fourth-order valence-electron chi connectivity index (χ4n) is 3.74. The standard InChI is InChI=1S/C22H18N2OS/c1-3-24-18-7-5-4-6-14(18)15-12-20(25)16(11-19(15)24)22-23-17-9-8-13(2)10-21(17)26-22/h4-12,25H,3H2,1-2H3. The van der Waals surface area contributed by atoms with Crippen LogP contribution in [0, 0.1) is 6.92 Å². The van der Waals surface area contributed by atoms with Gasteiger partial charge in [-0.2, -0.15) is 0 Å². The van der Waals surface area contributed by atoms with Gasteiger partial charge in [-0.15, -0.1) is 11.3 Å². The highest BCUT2D eigenvalue weighted by atomic mass is 32.1. The zero-order valence-corrected chi connectivity index (χ0v) is 15.5. The molecule has 0 saturated carbocycles. The Bertz CT molecular complexity index is 1300. The topological polar surface area (TPSA) is 38.0 Å². The fraction of sp³-hybridized carbons (Fsp3) is 0.136. The first kappa shape index (κ1) is 15.4. The largest absolute Gasteiger partial charge is 0.507 e. The van der Waals surface area contributed by atoms with Gasteiger partial charge in [0.25, 0.3) is 0 Å². The van der Waals surface area contributed by atoms with Crippen molar-refractivity contribution in [3.63, 3.8) is 0 Å². The van der Waals surface area contributed by atoms with Crippen LogP contribution in [-0.4, -0.2) is 14.7 Å². The van der Waals surface area contributed by atoms with E-state index in [0.29, 0.717) is 0 Å². The van der Waals surface area contributed by atoms with E-state index in [0.717, 1.165) is 38.2 Å². The van der Waals surface area contributed by atoms with Crippen LogP contribution in [0.1, 0.15) is 12.5 Å². The van der Waals surface area contributed by atoms with Crippen molar-refractivity contribution in [3.8, 4) is 16.3 Å². The van der Waals surface area contributed by atoms with Gasteiger partial charge >= 0.3 is 0 Å². The van der Waals surface area contributed by atoms with Crippen LogP contribution < -0.4 is 0 Å². The molecule has 0 fully saturated rings. The second-order valence-electron chi connectivity index (χ2n) is 6.64. The third-order valence-corrected chi connectivity index (χ3v) is 6.03. The number of benzene rings is 3. The molecule has 3 nitrogen and oxygen atoms in total. The van der Waals surface area contributed by atoms with E-state index in [1.807, 2.05) is 18.2 Å². The Balaban J connectivity index is 1.82. The molecule has 0 aliphatic carbocycles. The molecule has 128 valence electrons. The first-order chi connectivity index (χ1) is 12.7. The molecule has 2 heterocycles. The minimum Gasteiger partial charge on any atom is -0.507 e. The Kier molecular flexibility index (Phi) is 3.31. The average Bonchev–Trinajstić information content (AvgIpc) is 3.19. The number of nitrogens with zero attached hydrogens (tertiary/aromatic N) is 2. The SMILES string of the molecule is CCn1c2ccccc2c2cc(O)c(-c3nc4ccc(C)cc4s3)cc21. The number of thiazole rings is 1. The summed E-state index contributed by atoms with van der Waals surface area (Å²) >= 11 is 1.63. The lowest BCUT2D eigenvalue weighted by Gasteiger charge is -2.06. The molecule has 0 radical (unpaired) electrons. The Hall–Kier alpha value is -2.85. The summed E-state index contributed by atoms with van der Waals surface area (Å²) in [6.45, 7) is 5.12. The highest BCUT2D eigenvalue weighted by Gasteiger charge is 2.16. The first-order valence-electron chi connectivity index (χ1n) is 8.77. The number of fused-ring (bicyclic) bond motifs is 4. The number of para-hydroxylation sites is 1. The normalized spacial score (nSPS) is 11.8. The van der Waals surface area contributed by atoms with Gasteiger partial charge in [-0.3, -0.25) is 0 Å². The van der Waals surface area contributed by atoms with Crippen molar-refractivity contribution in [2.45, 2.75) is 20.4 Å². The van der Waals surface area contributed by atoms with Crippen LogP contribution in [0.25, 0.3) is 42.6 Å².